The normalized spacial score (nSPS) is 15.1. The van der Waals surface area contributed by atoms with Crippen LogP contribution in [0.15, 0.2) is 36.8 Å². The Morgan fingerprint density at radius 3 is 2.53 bits per heavy atom. The Balaban J connectivity index is 1.78. The maximum absolute atomic E-state index is 5.59. The third kappa shape index (κ3) is 2.24. The summed E-state index contributed by atoms with van der Waals surface area (Å²) in [6, 6.07) is 8.50. The molecule has 3 rings (SSSR count). The fourth-order valence-electron chi connectivity index (χ4n) is 2.16. The van der Waals surface area contributed by atoms with Crippen molar-refractivity contribution in [2.75, 3.05) is 0 Å². The standard InChI is InChI=1S/C14H17N3/c15-7-11-1-3-12(4-2-11)9-17-10-16-8-14(17)13-5-6-13/h1-4,8,10,13H,5-7,9,15H2. The molecule has 0 saturated heterocycles. The van der Waals surface area contributed by atoms with Crippen LogP contribution in [0.3, 0.4) is 0 Å². The maximum Gasteiger partial charge on any atom is 0.0951 e. The summed E-state index contributed by atoms with van der Waals surface area (Å²) < 4.78 is 2.26. The average Bonchev–Trinajstić information content (AvgIpc) is 3.11. The van der Waals surface area contributed by atoms with E-state index < -0.39 is 0 Å². The van der Waals surface area contributed by atoms with Crippen LogP contribution >= 0.6 is 0 Å². The predicted octanol–water partition coefficient (Wildman–Crippen LogP) is 2.27. The largest absolute Gasteiger partial charge is 0.330 e. The molecule has 0 radical (unpaired) electrons. The summed E-state index contributed by atoms with van der Waals surface area (Å²) in [5.41, 5.74) is 9.46. The quantitative estimate of drug-likeness (QED) is 0.870. The van der Waals surface area contributed by atoms with Crippen molar-refractivity contribution < 1.29 is 0 Å². The Kier molecular flexibility index (Phi) is 2.69. The van der Waals surface area contributed by atoms with Gasteiger partial charge in [-0.05, 0) is 24.0 Å². The smallest absolute Gasteiger partial charge is 0.0951 e. The van der Waals surface area contributed by atoms with Crippen molar-refractivity contribution in [3.63, 3.8) is 0 Å². The van der Waals surface area contributed by atoms with Gasteiger partial charge >= 0.3 is 0 Å². The van der Waals surface area contributed by atoms with Gasteiger partial charge in [0.2, 0.25) is 0 Å². The summed E-state index contributed by atoms with van der Waals surface area (Å²) >= 11 is 0. The molecule has 1 fully saturated rings. The van der Waals surface area contributed by atoms with Crippen molar-refractivity contribution in [2.45, 2.75) is 31.8 Å². The number of nitrogens with zero attached hydrogens (tertiary/aromatic N) is 2. The van der Waals surface area contributed by atoms with Crippen LogP contribution in [-0.4, -0.2) is 9.55 Å². The van der Waals surface area contributed by atoms with Crippen molar-refractivity contribution in [3.8, 4) is 0 Å². The highest BCUT2D eigenvalue weighted by Crippen LogP contribution is 2.39. The molecule has 2 aromatic rings. The molecule has 0 atom stereocenters. The highest BCUT2D eigenvalue weighted by atomic mass is 15.0. The molecule has 0 amide bonds. The second kappa shape index (κ2) is 4.34. The number of hydrogen-bond donors (Lipinski definition) is 1. The Morgan fingerprint density at radius 1 is 1.18 bits per heavy atom. The topological polar surface area (TPSA) is 43.8 Å². The summed E-state index contributed by atoms with van der Waals surface area (Å²) in [7, 11) is 0. The molecule has 2 N–H and O–H groups in total. The Bertz CT molecular complexity index is 494. The summed E-state index contributed by atoms with van der Waals surface area (Å²) in [4.78, 5) is 4.26. The van der Waals surface area contributed by atoms with Gasteiger partial charge in [0.25, 0.3) is 0 Å². The number of rotatable bonds is 4. The van der Waals surface area contributed by atoms with Gasteiger partial charge in [-0.2, -0.15) is 0 Å². The number of hydrogen-bond acceptors (Lipinski definition) is 2. The van der Waals surface area contributed by atoms with Crippen LogP contribution in [0.1, 0.15) is 35.6 Å². The molecule has 3 nitrogen and oxygen atoms in total. The van der Waals surface area contributed by atoms with Crippen LogP contribution in [0.25, 0.3) is 0 Å². The molecule has 1 aliphatic carbocycles. The Hall–Kier alpha value is -1.61. The highest BCUT2D eigenvalue weighted by Gasteiger charge is 2.26. The molecule has 17 heavy (non-hydrogen) atoms. The predicted molar refractivity (Wildman–Crippen MR) is 67.6 cm³/mol. The Labute approximate surface area is 101 Å². The van der Waals surface area contributed by atoms with Crippen LogP contribution in [0.5, 0.6) is 0 Å². The lowest BCUT2D eigenvalue weighted by Crippen LogP contribution is -2.03. The van der Waals surface area contributed by atoms with E-state index in [9.17, 15) is 0 Å². The van der Waals surface area contributed by atoms with Gasteiger partial charge in [-0.25, -0.2) is 4.98 Å². The molecule has 0 bridgehead atoms. The van der Waals surface area contributed by atoms with Gasteiger partial charge in [-0.3, -0.25) is 0 Å². The first-order valence-corrected chi connectivity index (χ1v) is 6.15. The summed E-state index contributed by atoms with van der Waals surface area (Å²) in [6.45, 7) is 1.52. The number of nitrogens with two attached hydrogens (primary N) is 1. The average molecular weight is 227 g/mol. The zero-order valence-electron chi connectivity index (χ0n) is 9.84. The number of imidazole rings is 1. The van der Waals surface area contributed by atoms with E-state index in [0.29, 0.717) is 6.54 Å². The second-order valence-electron chi connectivity index (χ2n) is 4.74. The van der Waals surface area contributed by atoms with Crippen LogP contribution in [0, 0.1) is 0 Å². The van der Waals surface area contributed by atoms with E-state index in [0.717, 1.165) is 12.5 Å². The van der Waals surface area contributed by atoms with Gasteiger partial charge in [-0.15, -0.1) is 0 Å². The maximum atomic E-state index is 5.59. The molecule has 0 unspecified atom stereocenters. The SMILES string of the molecule is NCc1ccc(Cn2cncc2C2CC2)cc1. The fourth-order valence-corrected chi connectivity index (χ4v) is 2.16. The molecule has 0 aliphatic heterocycles. The lowest BCUT2D eigenvalue weighted by molar-refractivity contribution is 0.742. The minimum atomic E-state index is 0.610. The third-order valence-corrected chi connectivity index (χ3v) is 3.35. The van der Waals surface area contributed by atoms with Gasteiger partial charge in [0, 0.05) is 30.9 Å². The second-order valence-corrected chi connectivity index (χ2v) is 4.74. The van der Waals surface area contributed by atoms with E-state index in [4.69, 9.17) is 5.73 Å². The van der Waals surface area contributed by atoms with Gasteiger partial charge in [-0.1, -0.05) is 24.3 Å². The minimum absolute atomic E-state index is 0.610. The molecule has 1 heterocycles. The van der Waals surface area contributed by atoms with Gasteiger partial charge in [0.15, 0.2) is 0 Å². The van der Waals surface area contributed by atoms with Gasteiger partial charge in [0.05, 0.1) is 6.33 Å². The number of aromatic nitrogens is 2. The summed E-state index contributed by atoms with van der Waals surface area (Å²) in [5, 5.41) is 0. The summed E-state index contributed by atoms with van der Waals surface area (Å²) in [5.74, 6) is 0.751. The van der Waals surface area contributed by atoms with E-state index in [-0.39, 0.29) is 0 Å². The first kappa shape index (κ1) is 10.5. The van der Waals surface area contributed by atoms with Crippen LogP contribution in [0.4, 0.5) is 0 Å². The fraction of sp³-hybridized carbons (Fsp3) is 0.357. The van der Waals surface area contributed by atoms with Gasteiger partial charge < -0.3 is 10.3 Å². The van der Waals surface area contributed by atoms with Crippen molar-refractivity contribution >= 4 is 0 Å². The minimum Gasteiger partial charge on any atom is -0.330 e. The third-order valence-electron chi connectivity index (χ3n) is 3.35. The van der Waals surface area contributed by atoms with Crippen LogP contribution in [-0.2, 0) is 13.1 Å². The lowest BCUT2D eigenvalue weighted by Gasteiger charge is -2.08. The highest BCUT2D eigenvalue weighted by molar-refractivity contribution is 5.23. The molecule has 3 heteroatoms. The van der Waals surface area contributed by atoms with Crippen molar-refractivity contribution in [1.29, 1.82) is 0 Å². The van der Waals surface area contributed by atoms with Crippen molar-refractivity contribution in [3.05, 3.63) is 53.6 Å². The van der Waals surface area contributed by atoms with Crippen LogP contribution < -0.4 is 5.73 Å². The van der Waals surface area contributed by atoms with E-state index >= 15 is 0 Å². The molecule has 1 saturated carbocycles. The van der Waals surface area contributed by atoms with E-state index in [2.05, 4.69) is 33.8 Å². The first-order valence-electron chi connectivity index (χ1n) is 6.15. The zero-order valence-corrected chi connectivity index (χ0v) is 9.84. The van der Waals surface area contributed by atoms with E-state index in [1.807, 2.05) is 12.5 Å². The Morgan fingerprint density at radius 2 is 1.88 bits per heavy atom. The number of benzene rings is 1. The van der Waals surface area contributed by atoms with E-state index in [1.54, 1.807) is 0 Å². The van der Waals surface area contributed by atoms with Crippen molar-refractivity contribution in [1.82, 2.24) is 9.55 Å². The molecule has 1 aromatic heterocycles. The van der Waals surface area contributed by atoms with Gasteiger partial charge in [0.1, 0.15) is 0 Å². The first-order chi connectivity index (χ1) is 8.36. The zero-order chi connectivity index (χ0) is 11.7. The van der Waals surface area contributed by atoms with Crippen molar-refractivity contribution in [2.24, 2.45) is 5.73 Å². The molecule has 0 spiro atoms. The lowest BCUT2D eigenvalue weighted by atomic mass is 10.1. The molecule has 1 aromatic carbocycles. The van der Waals surface area contributed by atoms with Crippen LogP contribution in [0.2, 0.25) is 0 Å². The molecular weight excluding hydrogens is 210 g/mol. The van der Waals surface area contributed by atoms with E-state index in [1.165, 1.54) is 29.7 Å². The molecular formula is C14H17N3. The monoisotopic (exact) mass is 227 g/mol. The molecule has 88 valence electrons. The molecule has 1 aliphatic rings. The summed E-state index contributed by atoms with van der Waals surface area (Å²) in [6.07, 6.45) is 6.58.